The van der Waals surface area contributed by atoms with Crippen molar-refractivity contribution in [3.63, 3.8) is 0 Å². The first-order valence-corrected chi connectivity index (χ1v) is 10.1. The van der Waals surface area contributed by atoms with Crippen molar-refractivity contribution in [1.82, 2.24) is 10.3 Å². The Balaban J connectivity index is 1.67. The molecule has 3 rings (SSSR count). The molecule has 1 aromatic carbocycles. The van der Waals surface area contributed by atoms with Gasteiger partial charge >= 0.3 is 5.97 Å². The molecule has 0 spiro atoms. The van der Waals surface area contributed by atoms with Crippen molar-refractivity contribution >= 4 is 35.2 Å². The van der Waals surface area contributed by atoms with Crippen molar-refractivity contribution in [1.29, 1.82) is 0 Å². The number of nitrogens with one attached hydrogen (secondary N) is 1. The number of nitrogens with zero attached hydrogens (tertiary/aromatic N) is 1. The molecule has 0 bridgehead atoms. The number of carbonyl (C=O) groups excluding carboxylic acids is 2. The lowest BCUT2D eigenvalue weighted by Gasteiger charge is -2.17. The van der Waals surface area contributed by atoms with Gasteiger partial charge in [0.1, 0.15) is 5.03 Å². The minimum atomic E-state index is -0.864. The number of rotatable bonds is 6. The summed E-state index contributed by atoms with van der Waals surface area (Å²) in [6.07, 6.45) is 4.94. The molecule has 1 aromatic heterocycles. The highest BCUT2D eigenvalue weighted by Gasteiger charge is 2.25. The van der Waals surface area contributed by atoms with Gasteiger partial charge in [-0.05, 0) is 44.0 Å². The molecule has 1 fully saturated rings. The monoisotopic (exact) mass is 404 g/mol. The highest BCUT2D eigenvalue weighted by molar-refractivity contribution is 7.99. The number of pyridine rings is 1. The van der Waals surface area contributed by atoms with Crippen LogP contribution in [0.1, 0.15) is 43.0 Å². The number of ether oxygens (including phenoxy) is 1. The summed E-state index contributed by atoms with van der Waals surface area (Å²) < 4.78 is 5.38. The zero-order chi connectivity index (χ0) is 19.2. The van der Waals surface area contributed by atoms with Crippen LogP contribution in [0.15, 0.2) is 52.5 Å². The molecule has 2 aromatic rings. The lowest BCUT2D eigenvalue weighted by Crippen LogP contribution is -2.40. The summed E-state index contributed by atoms with van der Waals surface area (Å²) in [4.78, 5) is 29.9. The summed E-state index contributed by atoms with van der Waals surface area (Å²) in [6.45, 7) is 1.58. The molecule has 1 saturated carbocycles. The predicted molar refractivity (Wildman–Crippen MR) is 105 cm³/mol. The van der Waals surface area contributed by atoms with E-state index in [1.165, 1.54) is 11.8 Å². The van der Waals surface area contributed by atoms with Gasteiger partial charge < -0.3 is 10.1 Å². The highest BCUT2D eigenvalue weighted by atomic mass is 35.5. The van der Waals surface area contributed by atoms with Crippen molar-refractivity contribution in [2.75, 3.05) is 0 Å². The van der Waals surface area contributed by atoms with Gasteiger partial charge in [0.05, 0.1) is 10.6 Å². The number of hydrogen-bond acceptors (Lipinski definition) is 5. The van der Waals surface area contributed by atoms with Gasteiger partial charge in [0.15, 0.2) is 6.10 Å². The van der Waals surface area contributed by atoms with Crippen LogP contribution < -0.4 is 5.32 Å². The summed E-state index contributed by atoms with van der Waals surface area (Å²) in [7, 11) is 0. The van der Waals surface area contributed by atoms with E-state index in [1.54, 1.807) is 31.3 Å². The third kappa shape index (κ3) is 5.23. The fraction of sp³-hybridized carbons (Fsp3) is 0.350. The van der Waals surface area contributed by atoms with Crippen LogP contribution in [0.5, 0.6) is 0 Å². The number of hydrogen-bond donors (Lipinski definition) is 1. The number of benzene rings is 1. The maximum absolute atomic E-state index is 12.6. The van der Waals surface area contributed by atoms with E-state index in [9.17, 15) is 9.59 Å². The number of halogens is 1. The molecule has 142 valence electrons. The van der Waals surface area contributed by atoms with Crippen LogP contribution >= 0.6 is 23.4 Å². The second-order valence-corrected chi connectivity index (χ2v) is 7.86. The van der Waals surface area contributed by atoms with E-state index in [2.05, 4.69) is 10.3 Å². The van der Waals surface area contributed by atoms with Crippen molar-refractivity contribution in [2.45, 2.75) is 54.7 Å². The van der Waals surface area contributed by atoms with E-state index in [4.69, 9.17) is 16.3 Å². The Kier molecular flexibility index (Phi) is 6.74. The molecule has 7 heteroatoms. The van der Waals surface area contributed by atoms with E-state index < -0.39 is 12.1 Å². The molecule has 0 aliphatic heterocycles. The molecule has 1 atom stereocenters. The van der Waals surface area contributed by atoms with Gasteiger partial charge in [-0.3, -0.25) is 4.79 Å². The van der Waals surface area contributed by atoms with Crippen molar-refractivity contribution in [2.24, 2.45) is 0 Å². The molecule has 1 heterocycles. The number of aromatic nitrogens is 1. The molecule has 1 amide bonds. The summed E-state index contributed by atoms with van der Waals surface area (Å²) >= 11 is 7.48. The number of esters is 1. The molecule has 1 N–H and O–H groups in total. The third-order valence-corrected chi connectivity index (χ3v) is 5.93. The Morgan fingerprint density at radius 3 is 2.70 bits per heavy atom. The van der Waals surface area contributed by atoms with E-state index in [0.29, 0.717) is 15.6 Å². The van der Waals surface area contributed by atoms with Gasteiger partial charge in [-0.2, -0.15) is 0 Å². The average Bonchev–Trinajstić information content (AvgIpc) is 3.17. The van der Waals surface area contributed by atoms with Gasteiger partial charge in [-0.1, -0.05) is 48.3 Å². The van der Waals surface area contributed by atoms with Crippen LogP contribution in [-0.4, -0.2) is 29.0 Å². The van der Waals surface area contributed by atoms with Crippen LogP contribution in [-0.2, 0) is 9.53 Å². The lowest BCUT2D eigenvalue weighted by atomic mass is 10.2. The smallest absolute Gasteiger partial charge is 0.341 e. The minimum Gasteiger partial charge on any atom is -0.449 e. The van der Waals surface area contributed by atoms with Crippen molar-refractivity contribution < 1.29 is 14.3 Å². The maximum Gasteiger partial charge on any atom is 0.341 e. The van der Waals surface area contributed by atoms with E-state index in [0.717, 1.165) is 30.6 Å². The van der Waals surface area contributed by atoms with Crippen molar-refractivity contribution in [3.8, 4) is 0 Å². The molecule has 0 radical (unpaired) electrons. The Hall–Kier alpha value is -2.05. The molecule has 27 heavy (non-hydrogen) atoms. The van der Waals surface area contributed by atoms with E-state index >= 15 is 0 Å². The fourth-order valence-corrected chi connectivity index (χ4v) is 4.07. The Morgan fingerprint density at radius 1 is 1.22 bits per heavy atom. The topological polar surface area (TPSA) is 68.3 Å². The molecule has 5 nitrogen and oxygen atoms in total. The second-order valence-electron chi connectivity index (χ2n) is 6.43. The standard InChI is InChI=1S/C20H21ClN2O3S/c1-13(18(24)23-14-7-2-3-8-14)26-20(25)15-9-6-12-22-19(15)27-17-11-5-4-10-16(17)21/h4-6,9-14H,2-3,7-8H2,1H3,(H,23,24)/t13-/m1/s1. The zero-order valence-corrected chi connectivity index (χ0v) is 16.6. The van der Waals surface area contributed by atoms with Gasteiger partial charge in [0.25, 0.3) is 5.91 Å². The van der Waals surface area contributed by atoms with Crippen LogP contribution in [0.3, 0.4) is 0 Å². The Morgan fingerprint density at radius 2 is 1.96 bits per heavy atom. The first-order valence-electron chi connectivity index (χ1n) is 8.93. The molecule has 0 unspecified atom stereocenters. The van der Waals surface area contributed by atoms with Gasteiger partial charge in [0.2, 0.25) is 0 Å². The Bertz CT molecular complexity index is 824. The minimum absolute atomic E-state index is 0.184. The SMILES string of the molecule is C[C@@H](OC(=O)c1cccnc1Sc1ccccc1Cl)C(=O)NC1CCCC1. The molecular formula is C20H21ClN2O3S. The van der Waals surface area contributed by atoms with Crippen LogP contribution in [0, 0.1) is 0 Å². The van der Waals surface area contributed by atoms with Crippen molar-refractivity contribution in [3.05, 3.63) is 53.2 Å². The lowest BCUT2D eigenvalue weighted by molar-refractivity contribution is -0.129. The first kappa shape index (κ1) is 19.7. The van der Waals surface area contributed by atoms with Gasteiger partial charge in [-0.15, -0.1) is 0 Å². The van der Waals surface area contributed by atoms with Crippen LogP contribution in [0.25, 0.3) is 0 Å². The first-order chi connectivity index (χ1) is 13.0. The summed E-state index contributed by atoms with van der Waals surface area (Å²) in [5.74, 6) is -0.842. The summed E-state index contributed by atoms with van der Waals surface area (Å²) in [6, 6.07) is 10.8. The quantitative estimate of drug-likeness (QED) is 0.718. The number of carbonyl (C=O) groups is 2. The molecular weight excluding hydrogens is 384 g/mol. The van der Waals surface area contributed by atoms with Crippen LogP contribution in [0.2, 0.25) is 5.02 Å². The molecule has 1 aliphatic rings. The normalized spacial score (nSPS) is 15.3. The van der Waals surface area contributed by atoms with Crippen LogP contribution in [0.4, 0.5) is 0 Å². The molecule has 0 saturated heterocycles. The average molecular weight is 405 g/mol. The fourth-order valence-electron chi connectivity index (χ4n) is 2.93. The van der Waals surface area contributed by atoms with E-state index in [1.807, 2.05) is 18.2 Å². The number of amides is 1. The molecule has 1 aliphatic carbocycles. The summed E-state index contributed by atoms with van der Waals surface area (Å²) in [5.41, 5.74) is 0.308. The summed E-state index contributed by atoms with van der Waals surface area (Å²) in [5, 5.41) is 4.01. The largest absolute Gasteiger partial charge is 0.449 e. The highest BCUT2D eigenvalue weighted by Crippen LogP contribution is 2.33. The van der Waals surface area contributed by atoms with Gasteiger partial charge in [0, 0.05) is 17.1 Å². The maximum atomic E-state index is 12.6. The Labute approximate surface area is 167 Å². The van der Waals surface area contributed by atoms with E-state index in [-0.39, 0.29) is 11.9 Å². The second kappa shape index (κ2) is 9.24. The predicted octanol–water partition coefficient (Wildman–Crippen LogP) is 4.49. The van der Waals surface area contributed by atoms with Gasteiger partial charge in [-0.25, -0.2) is 9.78 Å². The third-order valence-electron chi connectivity index (χ3n) is 4.39. The zero-order valence-electron chi connectivity index (χ0n) is 15.0.